The number of hydrogen-bond donors (Lipinski definition) is 2. The SMILES string of the molecule is CCC(C)C(NC(=O)N1CCC(N(C)C)C1)C(=O)O. The van der Waals surface area contributed by atoms with Crippen molar-refractivity contribution in [2.24, 2.45) is 5.92 Å². The van der Waals surface area contributed by atoms with Crippen LogP contribution >= 0.6 is 0 Å². The van der Waals surface area contributed by atoms with Crippen LogP contribution in [0.15, 0.2) is 0 Å². The van der Waals surface area contributed by atoms with E-state index in [1.54, 1.807) is 4.90 Å². The molecule has 1 saturated heterocycles. The Morgan fingerprint density at radius 2 is 2.11 bits per heavy atom. The Morgan fingerprint density at radius 1 is 1.47 bits per heavy atom. The van der Waals surface area contributed by atoms with Gasteiger partial charge in [-0.25, -0.2) is 9.59 Å². The zero-order valence-electron chi connectivity index (χ0n) is 12.2. The fraction of sp³-hybridized carbons (Fsp3) is 0.846. The number of nitrogens with zero attached hydrogens (tertiary/aromatic N) is 2. The molecule has 0 aliphatic carbocycles. The first-order chi connectivity index (χ1) is 8.86. The van der Waals surface area contributed by atoms with Gasteiger partial charge in [0.05, 0.1) is 0 Å². The number of carboxylic acid groups (broad SMARTS) is 1. The number of carboxylic acids is 1. The van der Waals surface area contributed by atoms with E-state index in [1.807, 2.05) is 27.9 Å². The Kier molecular flexibility index (Phi) is 5.60. The topological polar surface area (TPSA) is 72.9 Å². The Balaban J connectivity index is 2.56. The third-order valence-electron chi connectivity index (χ3n) is 3.94. The first kappa shape index (κ1) is 15.8. The molecular weight excluding hydrogens is 246 g/mol. The number of nitrogens with one attached hydrogen (secondary N) is 1. The monoisotopic (exact) mass is 271 g/mol. The van der Waals surface area contributed by atoms with Crippen molar-refractivity contribution in [1.82, 2.24) is 15.1 Å². The van der Waals surface area contributed by atoms with E-state index < -0.39 is 12.0 Å². The second kappa shape index (κ2) is 6.75. The molecule has 1 heterocycles. The van der Waals surface area contributed by atoms with Crippen LogP contribution in [0.4, 0.5) is 4.79 Å². The van der Waals surface area contributed by atoms with Crippen LogP contribution in [0.5, 0.6) is 0 Å². The molecule has 1 fully saturated rings. The van der Waals surface area contributed by atoms with Gasteiger partial charge in [0.25, 0.3) is 0 Å². The van der Waals surface area contributed by atoms with E-state index in [0.29, 0.717) is 19.1 Å². The van der Waals surface area contributed by atoms with E-state index in [2.05, 4.69) is 10.2 Å². The number of urea groups is 1. The standard InChI is InChI=1S/C13H25N3O3/c1-5-9(2)11(12(17)18)14-13(19)16-7-6-10(8-16)15(3)4/h9-11H,5-8H2,1-4H3,(H,14,19)(H,17,18). The van der Waals surface area contributed by atoms with Crippen molar-refractivity contribution in [2.45, 2.75) is 38.8 Å². The minimum Gasteiger partial charge on any atom is -0.480 e. The predicted octanol–water partition coefficient (Wildman–Crippen LogP) is 0.831. The Bertz CT molecular complexity index is 333. The van der Waals surface area contributed by atoms with Crippen LogP contribution < -0.4 is 5.32 Å². The smallest absolute Gasteiger partial charge is 0.326 e. The summed E-state index contributed by atoms with van der Waals surface area (Å²) < 4.78 is 0. The van der Waals surface area contributed by atoms with Gasteiger partial charge < -0.3 is 20.2 Å². The van der Waals surface area contributed by atoms with Gasteiger partial charge in [0.15, 0.2) is 0 Å². The molecule has 6 heteroatoms. The summed E-state index contributed by atoms with van der Waals surface area (Å²) in [5, 5.41) is 11.8. The fourth-order valence-corrected chi connectivity index (χ4v) is 2.26. The molecule has 0 spiro atoms. The summed E-state index contributed by atoms with van der Waals surface area (Å²) in [5.41, 5.74) is 0. The zero-order valence-corrected chi connectivity index (χ0v) is 12.2. The van der Waals surface area contributed by atoms with Crippen molar-refractivity contribution in [3.8, 4) is 0 Å². The molecule has 3 atom stereocenters. The summed E-state index contributed by atoms with van der Waals surface area (Å²) in [5.74, 6) is -1.04. The lowest BCUT2D eigenvalue weighted by molar-refractivity contribution is -0.140. The van der Waals surface area contributed by atoms with Gasteiger partial charge in [-0.3, -0.25) is 0 Å². The van der Waals surface area contributed by atoms with E-state index in [1.165, 1.54) is 0 Å². The molecule has 1 aliphatic rings. The molecule has 0 aromatic heterocycles. The third kappa shape index (κ3) is 4.09. The fourth-order valence-electron chi connectivity index (χ4n) is 2.26. The molecule has 0 bridgehead atoms. The lowest BCUT2D eigenvalue weighted by Crippen LogP contribution is -2.50. The second-order valence-corrected chi connectivity index (χ2v) is 5.50. The Hall–Kier alpha value is -1.30. The number of likely N-dealkylation sites (N-methyl/N-ethyl adjacent to an activating group) is 1. The lowest BCUT2D eigenvalue weighted by atomic mass is 9.99. The molecule has 1 rings (SSSR count). The number of amides is 2. The maximum absolute atomic E-state index is 12.1. The molecule has 1 aliphatic heterocycles. The van der Waals surface area contributed by atoms with Crippen molar-refractivity contribution >= 4 is 12.0 Å². The molecule has 0 saturated carbocycles. The highest BCUT2D eigenvalue weighted by Crippen LogP contribution is 2.14. The minimum atomic E-state index is -0.967. The summed E-state index contributed by atoms with van der Waals surface area (Å²) >= 11 is 0. The quantitative estimate of drug-likeness (QED) is 0.777. The number of aliphatic carboxylic acids is 1. The van der Waals surface area contributed by atoms with E-state index in [0.717, 1.165) is 12.8 Å². The Labute approximate surface area is 114 Å². The van der Waals surface area contributed by atoms with Crippen molar-refractivity contribution in [1.29, 1.82) is 0 Å². The highest BCUT2D eigenvalue weighted by molar-refractivity contribution is 5.83. The maximum atomic E-state index is 12.1. The van der Waals surface area contributed by atoms with Crippen LogP contribution in [0, 0.1) is 5.92 Å². The van der Waals surface area contributed by atoms with Gasteiger partial charge in [0.2, 0.25) is 0 Å². The molecule has 0 radical (unpaired) electrons. The summed E-state index contributed by atoms with van der Waals surface area (Å²) in [7, 11) is 3.98. The minimum absolute atomic E-state index is 0.0753. The summed E-state index contributed by atoms with van der Waals surface area (Å²) in [6.07, 6.45) is 1.65. The van der Waals surface area contributed by atoms with Crippen molar-refractivity contribution < 1.29 is 14.7 Å². The number of carbonyl (C=O) groups is 2. The second-order valence-electron chi connectivity index (χ2n) is 5.50. The predicted molar refractivity (Wildman–Crippen MR) is 73.1 cm³/mol. The average molecular weight is 271 g/mol. The molecular formula is C13H25N3O3. The summed E-state index contributed by atoms with van der Waals surface area (Å²) in [6, 6.07) is -0.717. The van der Waals surface area contributed by atoms with Crippen molar-refractivity contribution in [3.63, 3.8) is 0 Å². The Morgan fingerprint density at radius 3 is 2.53 bits per heavy atom. The highest BCUT2D eigenvalue weighted by atomic mass is 16.4. The van der Waals surface area contributed by atoms with Crippen LogP contribution in [0.3, 0.4) is 0 Å². The first-order valence-electron chi connectivity index (χ1n) is 6.81. The average Bonchev–Trinajstić information content (AvgIpc) is 2.84. The first-order valence-corrected chi connectivity index (χ1v) is 6.81. The largest absolute Gasteiger partial charge is 0.480 e. The summed E-state index contributed by atoms with van der Waals surface area (Å²) in [6.45, 7) is 5.10. The van der Waals surface area contributed by atoms with Crippen LogP contribution in [-0.2, 0) is 4.79 Å². The van der Waals surface area contributed by atoms with E-state index >= 15 is 0 Å². The molecule has 6 nitrogen and oxygen atoms in total. The molecule has 2 N–H and O–H groups in total. The van der Waals surface area contributed by atoms with Gasteiger partial charge >= 0.3 is 12.0 Å². The van der Waals surface area contributed by atoms with Crippen LogP contribution in [0.2, 0.25) is 0 Å². The van der Waals surface area contributed by atoms with E-state index in [4.69, 9.17) is 5.11 Å². The summed E-state index contributed by atoms with van der Waals surface area (Å²) in [4.78, 5) is 27.1. The molecule has 19 heavy (non-hydrogen) atoms. The van der Waals surface area contributed by atoms with Gasteiger partial charge in [0, 0.05) is 19.1 Å². The van der Waals surface area contributed by atoms with Crippen molar-refractivity contribution in [2.75, 3.05) is 27.2 Å². The number of likely N-dealkylation sites (tertiary alicyclic amines) is 1. The number of carbonyl (C=O) groups excluding carboxylic acids is 1. The molecule has 2 amide bonds. The van der Waals surface area contributed by atoms with Gasteiger partial charge in [-0.1, -0.05) is 20.3 Å². The molecule has 110 valence electrons. The van der Waals surface area contributed by atoms with Crippen LogP contribution in [0.1, 0.15) is 26.7 Å². The normalized spacial score (nSPS) is 22.4. The third-order valence-corrected chi connectivity index (χ3v) is 3.94. The highest BCUT2D eigenvalue weighted by Gasteiger charge is 2.31. The van der Waals surface area contributed by atoms with E-state index in [9.17, 15) is 9.59 Å². The number of hydrogen-bond acceptors (Lipinski definition) is 3. The zero-order chi connectivity index (χ0) is 14.6. The molecule has 0 aromatic rings. The van der Waals surface area contributed by atoms with Crippen LogP contribution in [-0.4, -0.2) is 66.2 Å². The van der Waals surface area contributed by atoms with Crippen molar-refractivity contribution in [3.05, 3.63) is 0 Å². The van der Waals surface area contributed by atoms with E-state index in [-0.39, 0.29) is 11.9 Å². The van der Waals surface area contributed by atoms with Gasteiger partial charge in [-0.15, -0.1) is 0 Å². The van der Waals surface area contributed by atoms with Gasteiger partial charge in [-0.2, -0.15) is 0 Å². The lowest BCUT2D eigenvalue weighted by Gasteiger charge is -2.25. The van der Waals surface area contributed by atoms with Gasteiger partial charge in [0.1, 0.15) is 6.04 Å². The van der Waals surface area contributed by atoms with Gasteiger partial charge in [-0.05, 0) is 26.4 Å². The molecule has 0 aromatic carbocycles. The maximum Gasteiger partial charge on any atom is 0.326 e. The van der Waals surface area contributed by atoms with Crippen LogP contribution in [0.25, 0.3) is 0 Å². The molecule has 3 unspecified atom stereocenters. The number of rotatable bonds is 5.